The largest absolute Gasteiger partial charge is 0.475 e. The Morgan fingerprint density at radius 1 is 1.19 bits per heavy atom. The Labute approximate surface area is 140 Å². The van der Waals surface area contributed by atoms with Crippen LogP contribution in [-0.2, 0) is 14.4 Å². The molecular weight excluding hydrogens is 406 g/mol. The van der Waals surface area contributed by atoms with Crippen molar-refractivity contribution in [3.63, 3.8) is 0 Å². The molecule has 26 heavy (non-hydrogen) atoms. The average molecular weight is 415 g/mol. The molecule has 0 saturated carbocycles. The highest BCUT2D eigenvalue weighted by Gasteiger charge is 2.65. The molecule has 0 fully saturated rings. The van der Waals surface area contributed by atoms with Crippen LogP contribution >= 0.6 is 10.2 Å². The van der Waals surface area contributed by atoms with Crippen LogP contribution in [0.2, 0.25) is 0 Å². The molecule has 5 nitrogen and oxygen atoms in total. The zero-order valence-electron chi connectivity index (χ0n) is 12.2. The lowest BCUT2D eigenvalue weighted by molar-refractivity contribution is -0.190. The van der Waals surface area contributed by atoms with E-state index in [1.807, 2.05) is 0 Å². The molecule has 1 aliphatic rings. The Kier molecular flexibility index (Phi) is 4.26. The number of nitrogens with two attached hydrogens (primary N) is 1. The van der Waals surface area contributed by atoms with Crippen molar-refractivity contribution < 1.29 is 51.7 Å². The van der Waals surface area contributed by atoms with Gasteiger partial charge < -0.3 is 9.47 Å². The third-order valence-electron chi connectivity index (χ3n) is 3.06. The van der Waals surface area contributed by atoms with E-state index in [0.717, 1.165) is 0 Å². The Morgan fingerprint density at radius 3 is 2.31 bits per heavy atom. The molecule has 1 heterocycles. The van der Waals surface area contributed by atoms with Crippen LogP contribution in [-0.4, -0.2) is 25.0 Å². The van der Waals surface area contributed by atoms with Gasteiger partial charge in [0.1, 0.15) is 10.6 Å². The number of alkyl halides is 3. The first kappa shape index (κ1) is 20.3. The SMILES string of the molecule is NOCOC(=O)C1=Cc2cc(S(F)(F)(F)(F)F)ccc2OC1C(F)(F)F. The smallest absolute Gasteiger partial charge is 0.430 e. The summed E-state index contributed by atoms with van der Waals surface area (Å²) >= 11 is 0. The second kappa shape index (κ2) is 5.47. The maximum absolute atomic E-state index is 13.0. The molecule has 1 aromatic rings. The lowest BCUT2D eigenvalue weighted by Crippen LogP contribution is -2.41. The van der Waals surface area contributed by atoms with E-state index < -0.39 is 57.0 Å². The van der Waals surface area contributed by atoms with Gasteiger partial charge in [-0.3, -0.25) is 4.84 Å². The normalized spacial score (nSPS) is 20.2. The number of carbonyl (C=O) groups excluding carboxylic acids is 1. The van der Waals surface area contributed by atoms with Gasteiger partial charge in [-0.1, -0.05) is 19.4 Å². The van der Waals surface area contributed by atoms with Gasteiger partial charge in [-0.2, -0.15) is 13.2 Å². The summed E-state index contributed by atoms with van der Waals surface area (Å²) in [4.78, 5) is 13.2. The summed E-state index contributed by atoms with van der Waals surface area (Å²) in [5, 5.41) is 0. The molecule has 14 heteroatoms. The predicted molar refractivity (Wildman–Crippen MR) is 72.5 cm³/mol. The van der Waals surface area contributed by atoms with Gasteiger partial charge >= 0.3 is 22.4 Å². The van der Waals surface area contributed by atoms with E-state index in [-0.39, 0.29) is 12.1 Å². The van der Waals surface area contributed by atoms with Gasteiger partial charge in [-0.15, -0.1) is 0 Å². The third-order valence-corrected chi connectivity index (χ3v) is 4.20. The van der Waals surface area contributed by atoms with Crippen molar-refractivity contribution in [1.82, 2.24) is 0 Å². The first-order chi connectivity index (χ1) is 11.5. The maximum atomic E-state index is 13.0. The van der Waals surface area contributed by atoms with E-state index in [4.69, 9.17) is 0 Å². The highest BCUT2D eigenvalue weighted by Crippen LogP contribution is 3.02. The maximum Gasteiger partial charge on any atom is 0.430 e. The van der Waals surface area contributed by atoms with E-state index >= 15 is 0 Å². The summed E-state index contributed by atoms with van der Waals surface area (Å²) in [6.45, 7) is -0.959. The summed E-state index contributed by atoms with van der Waals surface area (Å²) in [6.07, 6.45) is -7.71. The molecule has 0 amide bonds. The number of rotatable bonds is 4. The van der Waals surface area contributed by atoms with Gasteiger partial charge in [0.25, 0.3) is 0 Å². The molecule has 2 rings (SSSR count). The molecule has 2 N–H and O–H groups in total. The number of ether oxygens (including phenoxy) is 2. The number of benzene rings is 1. The second-order valence-electron chi connectivity index (χ2n) is 5.02. The van der Waals surface area contributed by atoms with Crippen LogP contribution < -0.4 is 10.6 Å². The van der Waals surface area contributed by atoms with Crippen LogP contribution in [0.15, 0.2) is 28.7 Å². The Hall–Kier alpha value is -2.06. The van der Waals surface area contributed by atoms with E-state index in [0.29, 0.717) is 12.1 Å². The van der Waals surface area contributed by atoms with Crippen molar-refractivity contribution in [2.45, 2.75) is 17.2 Å². The molecule has 1 aliphatic heterocycles. The van der Waals surface area contributed by atoms with Crippen LogP contribution in [0.3, 0.4) is 0 Å². The molecular formula is C12H9F8NO4S. The standard InChI is InChI=1S/C12H9F8NO4S/c13-12(14,15)10-8(11(22)23-5-24-21)4-6-3-7(1-2-9(6)25-10)26(16,17,18,19)20/h1-4,10H,5,21H2. The van der Waals surface area contributed by atoms with Gasteiger partial charge in [0.15, 0.2) is 0 Å². The van der Waals surface area contributed by atoms with Crippen LogP contribution in [0.25, 0.3) is 6.08 Å². The Bertz CT molecular complexity index is 774. The predicted octanol–water partition coefficient (Wildman–Crippen LogP) is 4.44. The minimum Gasteiger partial charge on any atom is -0.475 e. The number of esters is 1. The number of hydrogen-bond acceptors (Lipinski definition) is 5. The van der Waals surface area contributed by atoms with Crippen LogP contribution in [0.1, 0.15) is 5.56 Å². The number of halogens is 8. The van der Waals surface area contributed by atoms with E-state index in [1.165, 1.54) is 0 Å². The number of hydrogen-bond donors (Lipinski definition) is 1. The summed E-state index contributed by atoms with van der Waals surface area (Å²) in [5.41, 5.74) is -2.07. The lowest BCUT2D eigenvalue weighted by Gasteiger charge is -2.41. The quantitative estimate of drug-likeness (QED) is 0.341. The van der Waals surface area contributed by atoms with Gasteiger partial charge in [0.2, 0.25) is 12.9 Å². The molecule has 148 valence electrons. The van der Waals surface area contributed by atoms with Gasteiger partial charge in [-0.25, -0.2) is 10.7 Å². The van der Waals surface area contributed by atoms with E-state index in [9.17, 15) is 37.4 Å². The van der Waals surface area contributed by atoms with Gasteiger partial charge in [0, 0.05) is 5.56 Å². The monoisotopic (exact) mass is 415 g/mol. The van der Waals surface area contributed by atoms with Crippen molar-refractivity contribution in [2.75, 3.05) is 6.79 Å². The van der Waals surface area contributed by atoms with Crippen molar-refractivity contribution in [1.29, 1.82) is 0 Å². The molecule has 1 aromatic carbocycles. The first-order valence-corrected chi connectivity index (χ1v) is 8.30. The molecule has 0 aromatic heterocycles. The lowest BCUT2D eigenvalue weighted by atomic mass is 10.0. The molecule has 0 bridgehead atoms. The zero-order chi connectivity index (χ0) is 20.0. The van der Waals surface area contributed by atoms with Crippen molar-refractivity contribution in [2.24, 2.45) is 5.90 Å². The highest BCUT2D eigenvalue weighted by atomic mass is 32.5. The summed E-state index contributed by atoms with van der Waals surface area (Å²) < 4.78 is 112. The highest BCUT2D eigenvalue weighted by molar-refractivity contribution is 8.45. The van der Waals surface area contributed by atoms with Gasteiger partial charge in [0.05, 0.1) is 5.57 Å². The second-order valence-corrected chi connectivity index (χ2v) is 7.43. The third kappa shape index (κ3) is 4.37. The van der Waals surface area contributed by atoms with Crippen molar-refractivity contribution in [3.05, 3.63) is 29.3 Å². The van der Waals surface area contributed by atoms with Crippen LogP contribution in [0.5, 0.6) is 5.75 Å². The topological polar surface area (TPSA) is 70.8 Å². The van der Waals surface area contributed by atoms with Crippen LogP contribution in [0, 0.1) is 0 Å². The van der Waals surface area contributed by atoms with Crippen LogP contribution in [0.4, 0.5) is 32.6 Å². The zero-order valence-corrected chi connectivity index (χ0v) is 13.1. The average Bonchev–Trinajstić information content (AvgIpc) is 2.47. The number of fused-ring (bicyclic) bond motifs is 1. The van der Waals surface area contributed by atoms with E-state index in [1.54, 1.807) is 0 Å². The summed E-state index contributed by atoms with van der Waals surface area (Å²) in [5.74, 6) is 2.11. The Balaban J connectivity index is 2.57. The molecule has 1 unspecified atom stereocenters. The first-order valence-electron chi connectivity index (χ1n) is 6.35. The molecule has 0 aliphatic carbocycles. The molecule has 0 saturated heterocycles. The van der Waals surface area contributed by atoms with Gasteiger partial charge in [-0.05, 0) is 24.3 Å². The Morgan fingerprint density at radius 2 is 1.81 bits per heavy atom. The minimum atomic E-state index is -10.1. The molecule has 0 spiro atoms. The summed E-state index contributed by atoms with van der Waals surface area (Å²) in [6, 6.07) is 0.0896. The van der Waals surface area contributed by atoms with Crippen molar-refractivity contribution in [3.8, 4) is 5.75 Å². The molecule has 0 radical (unpaired) electrons. The molecule has 1 atom stereocenters. The fraction of sp³-hybridized carbons (Fsp3) is 0.250. The van der Waals surface area contributed by atoms with E-state index in [2.05, 4.69) is 20.2 Å². The minimum absolute atomic E-state index is 0.104. The fourth-order valence-corrected chi connectivity index (χ4v) is 2.68. The fourth-order valence-electron chi connectivity index (χ4n) is 2.00. The summed E-state index contributed by atoms with van der Waals surface area (Å²) in [7, 11) is -10.1. The van der Waals surface area contributed by atoms with Crippen molar-refractivity contribution >= 4 is 22.3 Å². The number of carbonyl (C=O) groups is 1.